The Hall–Kier alpha value is -1.96. The number of benzene rings is 2. The lowest BCUT2D eigenvalue weighted by Gasteiger charge is -2.43. The van der Waals surface area contributed by atoms with E-state index in [0.717, 1.165) is 18.3 Å². The van der Waals surface area contributed by atoms with Gasteiger partial charge in [-0.2, -0.15) is 0 Å². The summed E-state index contributed by atoms with van der Waals surface area (Å²) < 4.78 is 0. The second kappa shape index (κ2) is 6.40. The van der Waals surface area contributed by atoms with E-state index in [1.165, 1.54) is 43.2 Å². The first-order valence-electron chi connectivity index (χ1n) is 9.74. The van der Waals surface area contributed by atoms with Gasteiger partial charge < -0.3 is 10.2 Å². The van der Waals surface area contributed by atoms with E-state index in [0.29, 0.717) is 17.4 Å². The van der Waals surface area contributed by atoms with Crippen LogP contribution in [-0.2, 0) is 5.41 Å². The van der Waals surface area contributed by atoms with E-state index >= 15 is 0 Å². The van der Waals surface area contributed by atoms with Crippen LogP contribution >= 0.6 is 0 Å². The molecule has 3 unspecified atom stereocenters. The molecule has 2 N–H and O–H groups in total. The van der Waals surface area contributed by atoms with Crippen molar-refractivity contribution in [3.8, 4) is 11.5 Å². The number of rotatable bonds is 4. The quantitative estimate of drug-likeness (QED) is 0.760. The van der Waals surface area contributed by atoms with Crippen LogP contribution in [0.3, 0.4) is 0 Å². The summed E-state index contributed by atoms with van der Waals surface area (Å²) in [6, 6.07) is 15.7. The van der Waals surface area contributed by atoms with E-state index in [1.54, 1.807) is 0 Å². The Kier molecular flexibility index (Phi) is 4.23. The fraction of sp³-hybridized carbons (Fsp3) is 0.478. The minimum Gasteiger partial charge on any atom is -0.508 e. The summed E-state index contributed by atoms with van der Waals surface area (Å²) in [6.07, 6.45) is 7.80. The molecule has 2 saturated carbocycles. The molecule has 0 aliphatic heterocycles. The summed E-state index contributed by atoms with van der Waals surface area (Å²) in [5, 5.41) is 19.6. The molecule has 2 heteroatoms. The lowest BCUT2D eigenvalue weighted by molar-refractivity contribution is 0.228. The van der Waals surface area contributed by atoms with Crippen LogP contribution in [0.2, 0.25) is 0 Å². The van der Waals surface area contributed by atoms with Gasteiger partial charge in [-0.1, -0.05) is 44.0 Å². The zero-order chi connectivity index (χ0) is 17.4. The van der Waals surface area contributed by atoms with Crippen LogP contribution in [-0.4, -0.2) is 10.2 Å². The highest BCUT2D eigenvalue weighted by Crippen LogP contribution is 2.58. The zero-order valence-electron chi connectivity index (χ0n) is 15.0. The average Bonchev–Trinajstić information content (AvgIpc) is 3.23. The maximum absolute atomic E-state index is 9.78. The van der Waals surface area contributed by atoms with E-state index in [-0.39, 0.29) is 5.41 Å². The summed E-state index contributed by atoms with van der Waals surface area (Å²) in [5.74, 6) is 2.99. The summed E-state index contributed by atoms with van der Waals surface area (Å²) >= 11 is 0. The Labute approximate surface area is 150 Å². The normalized spacial score (nSPS) is 25.9. The van der Waals surface area contributed by atoms with Crippen LogP contribution < -0.4 is 0 Å². The Morgan fingerprint density at radius 2 is 1.36 bits per heavy atom. The molecule has 2 aliphatic carbocycles. The van der Waals surface area contributed by atoms with Gasteiger partial charge in [0.1, 0.15) is 11.5 Å². The van der Waals surface area contributed by atoms with E-state index in [4.69, 9.17) is 0 Å². The number of phenolic OH excluding ortho intramolecular Hbond substituents is 2. The Bertz CT molecular complexity index is 671. The van der Waals surface area contributed by atoms with Gasteiger partial charge in [0.15, 0.2) is 0 Å². The molecule has 2 fully saturated rings. The van der Waals surface area contributed by atoms with Gasteiger partial charge in [-0.3, -0.25) is 0 Å². The lowest BCUT2D eigenvalue weighted by atomic mass is 9.60. The Morgan fingerprint density at radius 3 is 1.88 bits per heavy atom. The van der Waals surface area contributed by atoms with Gasteiger partial charge in [0.05, 0.1) is 0 Å². The van der Waals surface area contributed by atoms with Gasteiger partial charge in [-0.05, 0) is 78.8 Å². The van der Waals surface area contributed by atoms with Crippen molar-refractivity contribution < 1.29 is 10.2 Å². The summed E-state index contributed by atoms with van der Waals surface area (Å²) in [5.41, 5.74) is 2.57. The minimum absolute atomic E-state index is 0.0366. The van der Waals surface area contributed by atoms with Crippen molar-refractivity contribution >= 4 is 0 Å². The van der Waals surface area contributed by atoms with Crippen molar-refractivity contribution in [3.63, 3.8) is 0 Å². The molecule has 0 saturated heterocycles. The molecular formula is C23H28O2. The molecule has 2 aromatic rings. The van der Waals surface area contributed by atoms with E-state index in [9.17, 15) is 10.2 Å². The molecule has 2 aliphatic rings. The van der Waals surface area contributed by atoms with Crippen LogP contribution in [0.1, 0.15) is 56.6 Å². The van der Waals surface area contributed by atoms with Gasteiger partial charge in [0.25, 0.3) is 0 Å². The Morgan fingerprint density at radius 1 is 0.800 bits per heavy atom. The molecule has 0 bridgehead atoms. The van der Waals surface area contributed by atoms with Gasteiger partial charge >= 0.3 is 0 Å². The van der Waals surface area contributed by atoms with Crippen LogP contribution in [0.25, 0.3) is 0 Å². The van der Waals surface area contributed by atoms with E-state index < -0.39 is 0 Å². The van der Waals surface area contributed by atoms with Crippen molar-refractivity contribution in [2.45, 2.75) is 50.9 Å². The molecule has 0 heterocycles. The van der Waals surface area contributed by atoms with Crippen molar-refractivity contribution in [2.24, 2.45) is 17.8 Å². The molecule has 4 rings (SSSR count). The van der Waals surface area contributed by atoms with Crippen LogP contribution in [0, 0.1) is 17.8 Å². The zero-order valence-corrected chi connectivity index (χ0v) is 15.0. The average molecular weight is 336 g/mol. The highest BCUT2D eigenvalue weighted by molar-refractivity contribution is 5.44. The second-order valence-electron chi connectivity index (χ2n) is 7.96. The molecule has 2 nitrogen and oxygen atoms in total. The summed E-state index contributed by atoms with van der Waals surface area (Å²) in [6.45, 7) is 2.29. The first-order chi connectivity index (χ1) is 12.1. The topological polar surface area (TPSA) is 40.5 Å². The fourth-order valence-corrected chi connectivity index (χ4v) is 5.96. The van der Waals surface area contributed by atoms with Crippen LogP contribution in [0.5, 0.6) is 11.5 Å². The predicted molar refractivity (Wildman–Crippen MR) is 101 cm³/mol. The van der Waals surface area contributed by atoms with Gasteiger partial charge in [-0.25, -0.2) is 0 Å². The number of phenols is 2. The highest BCUT2D eigenvalue weighted by Gasteiger charge is 2.50. The Balaban J connectivity index is 1.87. The van der Waals surface area contributed by atoms with Gasteiger partial charge in [0, 0.05) is 5.41 Å². The maximum atomic E-state index is 9.78. The van der Waals surface area contributed by atoms with Crippen molar-refractivity contribution in [2.75, 3.05) is 0 Å². The standard InChI is InChI=1S/C23H28O2/c1-2-23(17-7-11-19(24)12-8-17,18-9-13-20(25)14-10-18)22-15-6-16-4-3-5-21(16)22/h7-14,16,21-22,24-25H,2-6,15H2,1H3. The number of hydrogen-bond acceptors (Lipinski definition) is 2. The molecule has 3 atom stereocenters. The van der Waals surface area contributed by atoms with E-state index in [1.807, 2.05) is 24.3 Å². The first kappa shape index (κ1) is 16.5. The second-order valence-corrected chi connectivity index (χ2v) is 7.96. The van der Waals surface area contributed by atoms with Gasteiger partial charge in [0.2, 0.25) is 0 Å². The van der Waals surface area contributed by atoms with Crippen LogP contribution in [0.15, 0.2) is 48.5 Å². The third kappa shape index (κ3) is 2.63. The predicted octanol–water partition coefficient (Wildman–Crippen LogP) is 5.62. The van der Waals surface area contributed by atoms with Crippen molar-refractivity contribution in [1.82, 2.24) is 0 Å². The van der Waals surface area contributed by atoms with Crippen LogP contribution in [0.4, 0.5) is 0 Å². The highest BCUT2D eigenvalue weighted by atomic mass is 16.3. The fourth-order valence-electron chi connectivity index (χ4n) is 5.96. The molecule has 0 spiro atoms. The molecule has 25 heavy (non-hydrogen) atoms. The molecule has 132 valence electrons. The SMILES string of the molecule is CCC(c1ccc(O)cc1)(c1ccc(O)cc1)C1CCC2CCCC21. The summed E-state index contributed by atoms with van der Waals surface area (Å²) in [4.78, 5) is 0. The largest absolute Gasteiger partial charge is 0.508 e. The summed E-state index contributed by atoms with van der Waals surface area (Å²) in [7, 11) is 0. The van der Waals surface area contributed by atoms with Crippen molar-refractivity contribution in [3.05, 3.63) is 59.7 Å². The minimum atomic E-state index is -0.0366. The number of fused-ring (bicyclic) bond motifs is 1. The first-order valence-corrected chi connectivity index (χ1v) is 9.74. The lowest BCUT2D eigenvalue weighted by Crippen LogP contribution is -2.38. The molecule has 0 radical (unpaired) electrons. The maximum Gasteiger partial charge on any atom is 0.115 e. The van der Waals surface area contributed by atoms with Gasteiger partial charge in [-0.15, -0.1) is 0 Å². The number of aromatic hydroxyl groups is 2. The van der Waals surface area contributed by atoms with Crippen molar-refractivity contribution in [1.29, 1.82) is 0 Å². The molecule has 0 amide bonds. The van der Waals surface area contributed by atoms with E-state index in [2.05, 4.69) is 31.2 Å². The molecule has 0 aromatic heterocycles. The third-order valence-electron chi connectivity index (χ3n) is 7.04. The monoisotopic (exact) mass is 336 g/mol. The number of hydrogen-bond donors (Lipinski definition) is 2. The molecular weight excluding hydrogens is 308 g/mol. The molecule has 2 aromatic carbocycles. The smallest absolute Gasteiger partial charge is 0.115 e. The third-order valence-corrected chi connectivity index (χ3v) is 7.04.